The third kappa shape index (κ3) is 14.3. The first-order chi connectivity index (χ1) is 16.6. The van der Waals surface area contributed by atoms with Crippen molar-refractivity contribution in [2.45, 2.75) is 92.2 Å². The molecule has 0 saturated carbocycles. The first-order valence-electron chi connectivity index (χ1n) is 11.6. The summed E-state index contributed by atoms with van der Waals surface area (Å²) in [5, 5.41) is 19.7. The van der Waals surface area contributed by atoms with Crippen LogP contribution >= 0.6 is 12.4 Å². The first kappa shape index (κ1) is 39.9. The number of nitrogens with zero attached hydrogens (tertiary/aromatic N) is 3. The van der Waals surface area contributed by atoms with Gasteiger partial charge >= 0.3 is 18.0 Å². The normalized spacial score (nSPS) is 21.5. The van der Waals surface area contributed by atoms with Crippen LogP contribution in [0.4, 0.5) is 4.79 Å². The summed E-state index contributed by atoms with van der Waals surface area (Å²) < 4.78 is 25.6. The molecule has 0 aromatic carbocycles. The van der Waals surface area contributed by atoms with Crippen molar-refractivity contribution in [2.75, 3.05) is 39.5 Å². The zero-order valence-corrected chi connectivity index (χ0v) is 22.3. The van der Waals surface area contributed by atoms with E-state index in [4.69, 9.17) is 29.5 Å². The van der Waals surface area contributed by atoms with E-state index >= 15 is 0 Å². The van der Waals surface area contributed by atoms with Gasteiger partial charge in [0.2, 0.25) is 0 Å². The molecular weight excluding hydrogens is 520 g/mol. The van der Waals surface area contributed by atoms with Crippen LogP contribution in [0, 0.1) is 22.7 Å². The number of nitrogens with one attached hydrogen (secondary N) is 1. The fourth-order valence-electron chi connectivity index (χ4n) is 3.55. The van der Waals surface area contributed by atoms with Crippen molar-refractivity contribution >= 4 is 30.4 Å². The second kappa shape index (κ2) is 20.3. The van der Waals surface area contributed by atoms with E-state index in [1.165, 1.54) is 4.90 Å². The highest BCUT2D eigenvalue weighted by Gasteiger charge is 2.42. The van der Waals surface area contributed by atoms with Crippen molar-refractivity contribution in [3.8, 4) is 12.1 Å². The van der Waals surface area contributed by atoms with Crippen LogP contribution in [0.2, 0.25) is 0 Å². The van der Waals surface area contributed by atoms with Crippen LogP contribution in [0.1, 0.15) is 62.3 Å². The van der Waals surface area contributed by atoms with Gasteiger partial charge in [-0.15, -0.1) is 12.4 Å². The van der Waals surface area contributed by atoms with Gasteiger partial charge in [0.25, 0.3) is 0 Å². The number of nitriles is 2. The maximum Gasteiger partial charge on any atom is 0.411 e. The maximum absolute atomic E-state index is 12.2. The lowest BCUT2D eigenvalue weighted by Crippen LogP contribution is -2.44. The molecule has 38 heavy (non-hydrogen) atoms. The van der Waals surface area contributed by atoms with Crippen LogP contribution in [0.25, 0.3) is 0 Å². The average Bonchev–Trinajstić information content (AvgIpc) is 3.43. The number of likely N-dealkylation sites (tertiary alicyclic amines) is 1. The van der Waals surface area contributed by atoms with E-state index in [1.54, 1.807) is 32.9 Å². The Morgan fingerprint density at radius 3 is 1.95 bits per heavy atom. The molecule has 2 rings (SSSR count). The predicted octanol–water partition coefficient (Wildman–Crippen LogP) is 2.98. The number of hydrogen-bond acceptors (Lipinski definition) is 11. The highest BCUT2D eigenvalue weighted by Crippen LogP contribution is 2.24. The minimum absolute atomic E-state index is 0. The van der Waals surface area contributed by atoms with Crippen molar-refractivity contribution in [3.63, 3.8) is 0 Å². The largest absolute Gasteiger partial charge is 0.449 e. The van der Waals surface area contributed by atoms with Gasteiger partial charge in [0.1, 0.15) is 29.8 Å². The number of esters is 2. The highest BCUT2D eigenvalue weighted by molar-refractivity contribution is 5.85. The molecule has 0 aromatic rings. The van der Waals surface area contributed by atoms with E-state index < -0.39 is 23.7 Å². The molecule has 0 unspecified atom stereocenters. The summed E-state index contributed by atoms with van der Waals surface area (Å²) in [4.78, 5) is 36.7. The molecule has 2 aliphatic rings. The Balaban J connectivity index is -0.000000637. The van der Waals surface area contributed by atoms with E-state index in [9.17, 15) is 14.4 Å². The number of halogens is 1. The lowest BCUT2D eigenvalue weighted by Gasteiger charge is -2.27. The Hall–Kier alpha value is -2.64. The minimum Gasteiger partial charge on any atom is -0.449 e. The SMILES string of the molecule is C.C.CCO[C@@H]1C[C@@H](C(=O)OCC#N)N(C(=O)OC(C)(C)C)C1.CCO[C@H]1CN[C@H](C(=O)OCC#N)C1.Cl. The van der Waals surface area contributed by atoms with Gasteiger partial charge in [-0.1, -0.05) is 14.9 Å². The third-order valence-electron chi connectivity index (χ3n) is 4.90. The Kier molecular flexibility index (Phi) is 21.3. The van der Waals surface area contributed by atoms with Gasteiger partial charge in [0.05, 0.1) is 18.8 Å². The van der Waals surface area contributed by atoms with Crippen LogP contribution in [-0.4, -0.2) is 92.3 Å². The van der Waals surface area contributed by atoms with Crippen molar-refractivity contribution < 1.29 is 38.1 Å². The zero-order chi connectivity index (χ0) is 26.4. The van der Waals surface area contributed by atoms with Crippen molar-refractivity contribution in [3.05, 3.63) is 0 Å². The number of carbonyl (C=O) groups is 3. The molecule has 0 bridgehead atoms. The van der Waals surface area contributed by atoms with Crippen LogP contribution < -0.4 is 5.32 Å². The van der Waals surface area contributed by atoms with Gasteiger partial charge in [-0.25, -0.2) is 9.59 Å². The van der Waals surface area contributed by atoms with E-state index in [0.717, 1.165) is 0 Å². The van der Waals surface area contributed by atoms with Crippen LogP contribution in [0.3, 0.4) is 0 Å². The molecule has 2 heterocycles. The summed E-state index contributed by atoms with van der Waals surface area (Å²) in [5.74, 6) is -0.974. The molecule has 4 atom stereocenters. The molecule has 13 heteroatoms. The number of amides is 1. The predicted molar refractivity (Wildman–Crippen MR) is 142 cm³/mol. The molecule has 2 fully saturated rings. The zero-order valence-electron chi connectivity index (χ0n) is 21.5. The summed E-state index contributed by atoms with van der Waals surface area (Å²) in [6.45, 7) is 10.6. The molecule has 1 amide bonds. The number of hydrogen-bond donors (Lipinski definition) is 1. The van der Waals surface area contributed by atoms with E-state index in [1.807, 2.05) is 13.8 Å². The minimum atomic E-state index is -0.773. The smallest absolute Gasteiger partial charge is 0.411 e. The average molecular weight is 565 g/mol. The maximum atomic E-state index is 12.2. The van der Waals surface area contributed by atoms with Crippen LogP contribution in [0.15, 0.2) is 0 Å². The molecule has 2 saturated heterocycles. The fourth-order valence-corrected chi connectivity index (χ4v) is 3.55. The van der Waals surface area contributed by atoms with Gasteiger partial charge in [-0.2, -0.15) is 10.5 Å². The van der Waals surface area contributed by atoms with Crippen molar-refractivity contribution in [2.24, 2.45) is 0 Å². The fraction of sp³-hybridized carbons (Fsp3) is 0.800. The van der Waals surface area contributed by atoms with Crippen LogP contribution in [-0.2, 0) is 33.3 Å². The van der Waals surface area contributed by atoms with E-state index in [2.05, 4.69) is 10.1 Å². The quantitative estimate of drug-likeness (QED) is 0.341. The van der Waals surface area contributed by atoms with E-state index in [0.29, 0.717) is 32.6 Å². The Morgan fingerprint density at radius 1 is 0.921 bits per heavy atom. The van der Waals surface area contributed by atoms with Crippen molar-refractivity contribution in [1.82, 2.24) is 10.2 Å². The third-order valence-corrected chi connectivity index (χ3v) is 4.90. The second-order valence-electron chi connectivity index (χ2n) is 8.77. The number of rotatable bonds is 8. The number of ether oxygens (including phenoxy) is 5. The lowest BCUT2D eigenvalue weighted by atomic mass is 10.2. The molecule has 12 nitrogen and oxygen atoms in total. The molecule has 0 aromatic heterocycles. The topological polar surface area (TPSA) is 160 Å². The molecule has 220 valence electrons. The summed E-state index contributed by atoms with van der Waals surface area (Å²) >= 11 is 0. The molecule has 0 aliphatic carbocycles. The Bertz CT molecular complexity index is 794. The molecule has 2 aliphatic heterocycles. The van der Waals surface area contributed by atoms with Gasteiger partial charge in [-0.3, -0.25) is 9.69 Å². The van der Waals surface area contributed by atoms with Gasteiger partial charge < -0.3 is 29.0 Å². The van der Waals surface area contributed by atoms with Crippen LogP contribution in [0.5, 0.6) is 0 Å². The summed E-state index contributed by atoms with van der Waals surface area (Å²) in [6, 6.07) is 2.40. The molecule has 0 spiro atoms. The van der Waals surface area contributed by atoms with Gasteiger partial charge in [0, 0.05) is 32.6 Å². The highest BCUT2D eigenvalue weighted by atomic mass is 35.5. The second-order valence-corrected chi connectivity index (χ2v) is 8.77. The first-order valence-corrected chi connectivity index (χ1v) is 11.6. The Labute approximate surface area is 233 Å². The lowest BCUT2D eigenvalue weighted by molar-refractivity contribution is -0.147. The standard InChI is InChI=1S/C14H22N2O5.C9H14N2O3.2CH4.ClH/c1-5-19-10-8-11(12(17)20-7-6-15)16(9-10)13(18)21-14(2,3)4;1-2-13-7-5-8(11-6-7)9(12)14-4-3-10;;;/h10-11H,5,7-9H2,1-4H3;7-8,11H,2,4-6H2,1H3;2*1H4;1H/t10-,11+;7-,8+;;;/m11.../s1. The van der Waals surface area contributed by atoms with Gasteiger partial charge in [0.15, 0.2) is 13.2 Å². The summed E-state index contributed by atoms with van der Waals surface area (Å²) in [5.41, 5.74) is -0.651. The van der Waals surface area contributed by atoms with E-state index in [-0.39, 0.29) is 71.2 Å². The molecule has 0 radical (unpaired) electrons. The summed E-state index contributed by atoms with van der Waals surface area (Å²) in [6.07, 6.45) is 0.237. The summed E-state index contributed by atoms with van der Waals surface area (Å²) in [7, 11) is 0. The molecule has 1 N–H and O–H groups in total. The Morgan fingerprint density at radius 2 is 1.45 bits per heavy atom. The number of carbonyl (C=O) groups excluding carboxylic acids is 3. The van der Waals surface area contributed by atoms with Gasteiger partial charge in [-0.05, 0) is 34.6 Å². The monoisotopic (exact) mass is 564 g/mol. The van der Waals surface area contributed by atoms with Crippen molar-refractivity contribution in [1.29, 1.82) is 10.5 Å². The molecular formula is C25H45ClN4O8.